The van der Waals surface area contributed by atoms with Crippen molar-refractivity contribution in [3.05, 3.63) is 107 Å². The molecule has 0 aromatic carbocycles. The molecule has 8 aliphatic heterocycles. The minimum absolute atomic E-state index is 0.00735. The number of aliphatic hydroxyl groups excluding tert-OH is 1. The van der Waals surface area contributed by atoms with Crippen LogP contribution in [0.5, 0.6) is 0 Å². The Hall–Kier alpha value is -6.54. The van der Waals surface area contributed by atoms with E-state index in [4.69, 9.17) is 91.3 Å². The number of aliphatic hydroxyl groups is 1. The van der Waals surface area contributed by atoms with Crippen molar-refractivity contribution < 1.29 is 102 Å². The van der Waals surface area contributed by atoms with Crippen molar-refractivity contribution >= 4 is 116 Å². The molecule has 53 heteroatoms. The van der Waals surface area contributed by atoms with Gasteiger partial charge in [-0.25, -0.2) is 57.8 Å². The SMILES string of the molecule is CC[C@H]1O[C@@H](n2cc(C)c(N)nc2=O)C[C@H]1OP(=O)(S)OC[C@H]1O[C@@H](n2cnc3c(N)ncnc32)C[C@H]1OP(=O)(S)OC[C@]12O[C@@H](n3cnc4c(=O)[nH]c(N)nc43)C(O[C@H]1C)[C@H]2OP(=O)(O)OC[C@]12O[C@@H](n3cc(C)c(=O)[nH]c3=O)C(O[C@H]1C)[C@H]2OP(=O)(S)OC[C@]12O[C@@H](n3cnc4c(=O)[nH]c(C)nc43)C(O[C@H]1C)[C@H]2O. The van der Waals surface area contributed by atoms with Crippen LogP contribution in [0.3, 0.4) is 0 Å². The van der Waals surface area contributed by atoms with Gasteiger partial charge in [0.1, 0.15) is 102 Å². The number of phosphoric ester groups is 1. The van der Waals surface area contributed by atoms with Crippen molar-refractivity contribution in [1.29, 1.82) is 0 Å². The molecule has 8 fully saturated rings. The lowest BCUT2D eigenvalue weighted by atomic mass is 9.94. The number of nitrogens with one attached hydrogen (secondary N) is 3. The minimum Gasteiger partial charge on any atom is -0.387 e. The Morgan fingerprint density at radius 2 is 1.06 bits per heavy atom. The first-order chi connectivity index (χ1) is 52.4. The van der Waals surface area contributed by atoms with Gasteiger partial charge in [-0.15, -0.1) is 0 Å². The fourth-order valence-electron chi connectivity index (χ4n) is 15.4. The zero-order valence-electron chi connectivity index (χ0n) is 59.1. The van der Waals surface area contributed by atoms with Gasteiger partial charge in [-0.1, -0.05) is 43.7 Å². The molecule has 8 aromatic rings. The van der Waals surface area contributed by atoms with Gasteiger partial charge >= 0.3 is 39.6 Å². The summed E-state index contributed by atoms with van der Waals surface area (Å²) in [7, 11) is -5.71. The molecule has 111 heavy (non-hydrogen) atoms. The number of nitrogen functional groups attached to an aromatic ring is 3. The van der Waals surface area contributed by atoms with Crippen molar-refractivity contribution in [3.8, 4) is 0 Å². The van der Waals surface area contributed by atoms with Crippen LogP contribution in [0.15, 0.2) is 61.7 Å². The van der Waals surface area contributed by atoms with Crippen molar-refractivity contribution in [3.63, 3.8) is 0 Å². The summed E-state index contributed by atoms with van der Waals surface area (Å²) in [6.45, 7) is -6.70. The maximum atomic E-state index is 15.2. The van der Waals surface area contributed by atoms with E-state index in [9.17, 15) is 43.1 Å². The molecule has 8 aromatic heterocycles. The smallest absolute Gasteiger partial charge is 0.387 e. The van der Waals surface area contributed by atoms with Crippen molar-refractivity contribution in [2.24, 2.45) is 0 Å². The molecule has 6 bridgehead atoms. The normalized spacial score (nSPS) is 35.1. The molecular formula is C58H73N19O27P4S3. The third kappa shape index (κ3) is 13.7. The highest BCUT2D eigenvalue weighted by molar-refractivity contribution is 8.45. The van der Waals surface area contributed by atoms with E-state index in [2.05, 4.69) is 91.6 Å². The van der Waals surface area contributed by atoms with E-state index < -0.39 is 210 Å². The fraction of sp³-hybridized carbons (Fsp3) is 0.603. The number of phosphoric acid groups is 1. The van der Waals surface area contributed by atoms with Crippen LogP contribution in [0.1, 0.15) is 95.0 Å². The van der Waals surface area contributed by atoms with Gasteiger partial charge in [0.2, 0.25) is 5.95 Å². The largest absolute Gasteiger partial charge is 0.472 e. The third-order valence-corrected chi connectivity index (χ3v) is 26.9. The molecule has 0 aliphatic carbocycles. The molecule has 46 nitrogen and oxygen atoms in total. The number of ether oxygens (including phenoxy) is 8. The number of hydrogen-bond acceptors (Lipinski definition) is 37. The molecule has 600 valence electrons. The average molecular weight is 1690 g/mol. The molecule has 0 amide bonds. The van der Waals surface area contributed by atoms with E-state index in [0.29, 0.717) is 12.0 Å². The van der Waals surface area contributed by atoms with Crippen LogP contribution in [0.4, 0.5) is 17.6 Å². The van der Waals surface area contributed by atoms with E-state index in [-0.39, 0.29) is 75.3 Å². The number of thiol groups is 3. The van der Waals surface area contributed by atoms with E-state index in [1.807, 2.05) is 0 Å². The first kappa shape index (κ1) is 78.4. The lowest BCUT2D eigenvalue weighted by molar-refractivity contribution is -0.218. The number of imidazole rings is 3. The summed E-state index contributed by atoms with van der Waals surface area (Å²) < 4.78 is 166. The van der Waals surface area contributed by atoms with Gasteiger partial charge in [-0.2, -0.15) is 9.97 Å². The lowest BCUT2D eigenvalue weighted by Crippen LogP contribution is -2.52. The number of nitrogens with two attached hydrogens (primary N) is 3. The Bertz CT molecular complexity index is 5580. The minimum atomic E-state index is -5.71. The predicted octanol–water partition coefficient (Wildman–Crippen LogP) is 1.90. The summed E-state index contributed by atoms with van der Waals surface area (Å²) >= 11 is 13.1. The highest BCUT2D eigenvalue weighted by atomic mass is 32.7. The van der Waals surface area contributed by atoms with Crippen LogP contribution in [-0.4, -0.2) is 210 Å². The van der Waals surface area contributed by atoms with Crippen LogP contribution in [0, 0.1) is 20.8 Å². The summed E-state index contributed by atoms with van der Waals surface area (Å²) in [6.07, 6.45) is -15.5. The summed E-state index contributed by atoms with van der Waals surface area (Å²) in [6, 6.07) is 0. The molecule has 0 saturated carbocycles. The Morgan fingerprint density at radius 3 is 1.73 bits per heavy atom. The van der Waals surface area contributed by atoms with Gasteiger partial charge in [0.15, 0.2) is 52.5 Å². The molecule has 16 heterocycles. The lowest BCUT2D eigenvalue weighted by Gasteiger charge is -2.38. The molecule has 11 N–H and O–H groups in total. The van der Waals surface area contributed by atoms with Crippen molar-refractivity contribution in [1.82, 2.24) is 77.7 Å². The Labute approximate surface area is 638 Å². The van der Waals surface area contributed by atoms with E-state index in [1.54, 1.807) is 27.7 Å². The quantitative estimate of drug-likeness (QED) is 0.0272. The molecule has 25 atom stereocenters. The first-order valence-corrected chi connectivity index (χ1v) is 43.9. The summed E-state index contributed by atoms with van der Waals surface area (Å²) in [5, 5.41) is 11.8. The second kappa shape index (κ2) is 28.4. The van der Waals surface area contributed by atoms with Gasteiger partial charge in [0.05, 0.1) is 75.9 Å². The van der Waals surface area contributed by atoms with Crippen LogP contribution >= 0.6 is 65.0 Å². The molecule has 16 rings (SSSR count). The molecule has 0 radical (unpaired) electrons. The number of rotatable bonds is 26. The summed E-state index contributed by atoms with van der Waals surface area (Å²) in [4.78, 5) is 118. The van der Waals surface area contributed by atoms with Gasteiger partial charge in [-0.3, -0.25) is 83.4 Å². The second-order valence-electron chi connectivity index (χ2n) is 27.8. The number of aromatic amines is 3. The zero-order chi connectivity index (χ0) is 78.9. The van der Waals surface area contributed by atoms with Crippen LogP contribution < -0.4 is 45.3 Å². The Kier molecular flexibility index (Phi) is 20.1. The standard InChI is InChI=1S/C58H73N19O27P4S3/c1-8-27-28(9-31(96-27)73-11-21(2)42(59)69-54(73)82)101-106(86,109)89-13-30-29(10-32(97-30)75-18-64-33-43(60)62-17-63-44(33)75)102-107(87,110)92-16-58-25(6)94-37(52(100-58)77-20-66-35-46(77)70-53(61)71-49(35)81)40(58)103-105(84,85)90-15-57-24(5)95-38(51(99-57)74-12-22(3)47(79)72-55(74)83)41(57)104-108(88,111)91-14-56-23(4)93-36(39(56)78)50(98-56)76-19-65-34-45(76)67-26(7)68-48(34)80/h11-12,17-20,23-25,27-32,36-41,50-52,78H,8-10,13-16H2,1-7H3,(H,84,85)(H,86,109)(H,87,110)(H,88,111)(H2,59,69,82)(H2,60,62,63)(H,67,68,80)(H,72,79,83)(H3,61,70,71,81)/t23-,24-,25-,27+,28+,29+,30+,31+,32+,36?,37?,38?,39+,40+,41+,50+,51+,52+,56-,57-,58-,106?,107?,108?/m0/s1. The third-order valence-electron chi connectivity index (χ3n) is 21.1. The van der Waals surface area contributed by atoms with E-state index in [0.717, 1.165) is 17.1 Å². The topological polar surface area (TPSA) is 595 Å². The second-order valence-corrected chi connectivity index (χ2v) is 37.9. The summed E-state index contributed by atoms with van der Waals surface area (Å²) in [5.41, 5.74) is 8.72. The van der Waals surface area contributed by atoms with Crippen LogP contribution in [0.2, 0.25) is 0 Å². The van der Waals surface area contributed by atoms with Crippen LogP contribution in [-0.2, 0) is 92.3 Å². The predicted molar refractivity (Wildman–Crippen MR) is 387 cm³/mol. The molecule has 7 unspecified atom stereocenters. The highest BCUT2D eigenvalue weighted by Crippen LogP contribution is 2.66. The first-order valence-electron chi connectivity index (χ1n) is 34.3. The summed E-state index contributed by atoms with van der Waals surface area (Å²) in [5.74, 6) is -0.0280. The maximum Gasteiger partial charge on any atom is 0.472 e. The Morgan fingerprint density at radius 1 is 0.550 bits per heavy atom. The maximum absolute atomic E-state index is 15.2. The number of nitrogens with zero attached hydrogens (tertiary/aromatic N) is 13. The number of H-pyrrole nitrogens is 3. The average Bonchev–Trinajstić information content (AvgIpc) is 1.55. The van der Waals surface area contributed by atoms with Crippen molar-refractivity contribution in [2.45, 2.75) is 195 Å². The van der Waals surface area contributed by atoms with Gasteiger partial charge in [0, 0.05) is 36.4 Å². The molecule has 8 aliphatic rings. The molecular weight excluding hydrogens is 1610 g/mol. The monoisotopic (exact) mass is 1690 g/mol. The van der Waals surface area contributed by atoms with Gasteiger partial charge < -0.3 is 70.1 Å². The Balaban J connectivity index is 0.664. The fourth-order valence-corrected chi connectivity index (χ4v) is 21.0. The number of anilines is 3. The van der Waals surface area contributed by atoms with E-state index >= 15 is 9.13 Å². The highest BCUT2D eigenvalue weighted by Gasteiger charge is 2.72. The van der Waals surface area contributed by atoms with Crippen LogP contribution in [0.25, 0.3) is 33.5 Å². The number of aryl methyl sites for hydroxylation is 3. The number of fused-ring (bicyclic) bond motifs is 9. The molecule has 8 saturated heterocycles. The zero-order valence-corrected chi connectivity index (χ0v) is 65.3. The van der Waals surface area contributed by atoms with Crippen molar-refractivity contribution in [2.75, 3.05) is 43.6 Å². The van der Waals surface area contributed by atoms with Gasteiger partial charge in [0.25, 0.3) is 16.7 Å². The number of hydrogen-bond donors (Lipinski definition) is 11. The number of aromatic nitrogens is 16. The van der Waals surface area contributed by atoms with E-state index in [1.165, 1.54) is 64.2 Å². The van der Waals surface area contributed by atoms with Gasteiger partial charge in [-0.05, 0) is 48.0 Å². The molecule has 0 spiro atoms.